The maximum absolute atomic E-state index is 14.1. The van der Waals surface area contributed by atoms with Crippen LogP contribution in [-0.2, 0) is 0 Å². The Morgan fingerprint density at radius 3 is 2.78 bits per heavy atom. The monoisotopic (exact) mass is 321 g/mol. The molecule has 1 N–H and O–H groups in total. The lowest BCUT2D eigenvalue weighted by Crippen LogP contribution is -1.94. The Balaban J connectivity index is 1.88. The Kier molecular flexibility index (Phi) is 3.10. The number of aromatic amines is 1. The minimum atomic E-state index is -0.541. The van der Waals surface area contributed by atoms with Gasteiger partial charge in [0.25, 0.3) is 0 Å². The van der Waals surface area contributed by atoms with Crippen LogP contribution in [0.1, 0.15) is 5.69 Å². The number of halogens is 1. The predicted molar refractivity (Wildman–Crippen MR) is 85.1 cm³/mol. The number of nitriles is 1. The number of pyridine rings is 1. The van der Waals surface area contributed by atoms with E-state index >= 15 is 0 Å². The third-order valence-electron chi connectivity index (χ3n) is 3.40. The molecule has 4 aromatic rings. The van der Waals surface area contributed by atoms with Crippen LogP contribution in [0.5, 0.6) is 0 Å². The summed E-state index contributed by atoms with van der Waals surface area (Å²) in [7, 11) is 0. The molecule has 0 radical (unpaired) electrons. The molecule has 23 heavy (non-hydrogen) atoms. The number of fused-ring (bicyclic) bond motifs is 1. The smallest absolute Gasteiger partial charge is 0.192 e. The molecular weight excluding hydrogens is 313 g/mol. The first-order valence-corrected chi connectivity index (χ1v) is 7.54. The molecule has 4 rings (SSSR count). The summed E-state index contributed by atoms with van der Waals surface area (Å²) in [5.41, 5.74) is 0.789. The first kappa shape index (κ1) is 13.5. The zero-order chi connectivity index (χ0) is 15.8. The van der Waals surface area contributed by atoms with Crippen LogP contribution in [0.2, 0.25) is 0 Å². The first-order valence-electron chi connectivity index (χ1n) is 6.73. The summed E-state index contributed by atoms with van der Waals surface area (Å²) in [6.07, 6.45) is 0. The van der Waals surface area contributed by atoms with E-state index in [0.717, 1.165) is 15.0 Å². The van der Waals surface area contributed by atoms with E-state index in [1.54, 1.807) is 17.4 Å². The van der Waals surface area contributed by atoms with Gasteiger partial charge >= 0.3 is 0 Å². The largest absolute Gasteiger partial charge is 0.242 e. The average Bonchev–Trinajstić information content (AvgIpc) is 3.21. The number of aromatic nitrogens is 4. The van der Waals surface area contributed by atoms with Crippen molar-refractivity contribution in [2.75, 3.05) is 0 Å². The number of rotatable bonds is 2. The van der Waals surface area contributed by atoms with Gasteiger partial charge in [0.15, 0.2) is 17.2 Å². The molecule has 0 spiro atoms. The van der Waals surface area contributed by atoms with Gasteiger partial charge in [-0.25, -0.2) is 9.37 Å². The second-order valence-electron chi connectivity index (χ2n) is 4.81. The third-order valence-corrected chi connectivity index (χ3v) is 4.54. The minimum Gasteiger partial charge on any atom is -0.242 e. The molecule has 110 valence electrons. The van der Waals surface area contributed by atoms with Gasteiger partial charge in [-0.2, -0.15) is 15.6 Å². The molecule has 3 heterocycles. The number of hydrogen-bond acceptors (Lipinski definition) is 5. The van der Waals surface area contributed by atoms with E-state index < -0.39 is 5.82 Å². The van der Waals surface area contributed by atoms with Crippen molar-refractivity contribution in [3.63, 3.8) is 0 Å². The van der Waals surface area contributed by atoms with Crippen molar-refractivity contribution in [3.05, 3.63) is 54.0 Å². The van der Waals surface area contributed by atoms with Gasteiger partial charge < -0.3 is 0 Å². The number of nitrogens with one attached hydrogen (secondary N) is 1. The Labute approximate surface area is 134 Å². The predicted octanol–water partition coefficient (Wildman–Crippen LogP) is 3.76. The first-order chi connectivity index (χ1) is 11.3. The van der Waals surface area contributed by atoms with Gasteiger partial charge in [-0.3, -0.25) is 0 Å². The van der Waals surface area contributed by atoms with E-state index in [0.29, 0.717) is 5.69 Å². The summed E-state index contributed by atoms with van der Waals surface area (Å²) in [6.45, 7) is 0. The maximum atomic E-state index is 14.1. The standard InChI is InChI=1S/C16H8FN5S/c17-10-5-6-11(14-7-9-3-1-2-4-13(9)23-14)19-15(10)16-12(8-18)20-22-21-16/h1-7H,(H,20,21,22). The molecule has 0 fully saturated rings. The lowest BCUT2D eigenvalue weighted by Gasteiger charge is -2.02. The van der Waals surface area contributed by atoms with Gasteiger partial charge in [0.05, 0.1) is 10.6 Å². The number of H-pyrrole nitrogens is 1. The lowest BCUT2D eigenvalue weighted by molar-refractivity contribution is 0.625. The maximum Gasteiger partial charge on any atom is 0.192 e. The summed E-state index contributed by atoms with van der Waals surface area (Å²) in [5, 5.41) is 20.0. The highest BCUT2D eigenvalue weighted by molar-refractivity contribution is 7.22. The van der Waals surface area contributed by atoms with Crippen LogP contribution in [0.25, 0.3) is 32.0 Å². The number of thiophene rings is 1. The lowest BCUT2D eigenvalue weighted by atomic mass is 10.2. The molecule has 0 aliphatic rings. The highest BCUT2D eigenvalue weighted by atomic mass is 32.1. The molecule has 1 aromatic carbocycles. The van der Waals surface area contributed by atoms with Crippen molar-refractivity contribution in [2.24, 2.45) is 0 Å². The minimum absolute atomic E-state index is 0.0184. The fraction of sp³-hybridized carbons (Fsp3) is 0. The van der Waals surface area contributed by atoms with E-state index in [4.69, 9.17) is 5.26 Å². The summed E-state index contributed by atoms with van der Waals surface area (Å²) in [4.78, 5) is 5.28. The van der Waals surface area contributed by atoms with Crippen molar-refractivity contribution >= 4 is 21.4 Å². The van der Waals surface area contributed by atoms with E-state index in [2.05, 4.69) is 20.4 Å². The Bertz CT molecular complexity index is 1030. The number of nitrogens with zero attached hydrogens (tertiary/aromatic N) is 4. The van der Waals surface area contributed by atoms with Crippen molar-refractivity contribution < 1.29 is 4.39 Å². The van der Waals surface area contributed by atoms with E-state index in [1.807, 2.05) is 36.4 Å². The van der Waals surface area contributed by atoms with Crippen LogP contribution >= 0.6 is 11.3 Å². The van der Waals surface area contributed by atoms with E-state index in [1.165, 1.54) is 6.07 Å². The van der Waals surface area contributed by atoms with Crippen LogP contribution in [0.3, 0.4) is 0 Å². The highest BCUT2D eigenvalue weighted by Gasteiger charge is 2.17. The van der Waals surface area contributed by atoms with Crippen LogP contribution < -0.4 is 0 Å². The highest BCUT2D eigenvalue weighted by Crippen LogP contribution is 2.33. The Hall–Kier alpha value is -3.11. The fourth-order valence-electron chi connectivity index (χ4n) is 2.33. The van der Waals surface area contributed by atoms with Gasteiger partial charge in [0, 0.05) is 4.70 Å². The van der Waals surface area contributed by atoms with Gasteiger partial charge in [0.2, 0.25) is 0 Å². The summed E-state index contributed by atoms with van der Waals surface area (Å²) >= 11 is 1.58. The summed E-state index contributed by atoms with van der Waals surface area (Å²) in [6, 6.07) is 14.8. The van der Waals surface area contributed by atoms with Crippen molar-refractivity contribution in [1.82, 2.24) is 20.4 Å². The second kappa shape index (κ2) is 5.26. The van der Waals surface area contributed by atoms with Crippen molar-refractivity contribution in [2.45, 2.75) is 0 Å². The van der Waals surface area contributed by atoms with Gasteiger partial charge in [-0.15, -0.1) is 16.4 Å². The number of benzene rings is 1. The van der Waals surface area contributed by atoms with Crippen molar-refractivity contribution in [3.8, 4) is 28.0 Å². The molecule has 0 amide bonds. The molecule has 0 bridgehead atoms. The van der Waals surface area contributed by atoms with Gasteiger partial charge in [-0.1, -0.05) is 18.2 Å². The Morgan fingerprint density at radius 2 is 1.96 bits per heavy atom. The molecule has 0 aliphatic carbocycles. The topological polar surface area (TPSA) is 78.2 Å². The van der Waals surface area contributed by atoms with Crippen LogP contribution in [0.15, 0.2) is 42.5 Å². The summed E-state index contributed by atoms with van der Waals surface area (Å²) < 4.78 is 15.3. The Morgan fingerprint density at radius 1 is 1.09 bits per heavy atom. The molecule has 0 saturated heterocycles. The van der Waals surface area contributed by atoms with E-state index in [-0.39, 0.29) is 17.1 Å². The zero-order valence-corrected chi connectivity index (χ0v) is 12.4. The zero-order valence-electron chi connectivity index (χ0n) is 11.6. The third kappa shape index (κ3) is 2.25. The second-order valence-corrected chi connectivity index (χ2v) is 5.89. The van der Waals surface area contributed by atoms with Crippen LogP contribution in [-0.4, -0.2) is 20.4 Å². The molecule has 0 unspecified atom stereocenters. The molecule has 3 aromatic heterocycles. The summed E-state index contributed by atoms with van der Waals surface area (Å²) in [5.74, 6) is -0.541. The molecule has 0 atom stereocenters. The normalized spacial score (nSPS) is 10.8. The van der Waals surface area contributed by atoms with Gasteiger partial charge in [-0.05, 0) is 29.7 Å². The molecule has 0 saturated carbocycles. The van der Waals surface area contributed by atoms with Crippen molar-refractivity contribution in [1.29, 1.82) is 5.26 Å². The molecule has 5 nitrogen and oxygen atoms in total. The van der Waals surface area contributed by atoms with E-state index in [9.17, 15) is 4.39 Å². The van der Waals surface area contributed by atoms with Crippen LogP contribution in [0.4, 0.5) is 4.39 Å². The van der Waals surface area contributed by atoms with Crippen LogP contribution in [0, 0.1) is 17.1 Å². The average molecular weight is 321 g/mol. The fourth-order valence-corrected chi connectivity index (χ4v) is 3.36. The molecule has 7 heteroatoms. The quantitative estimate of drug-likeness (QED) is 0.610. The van der Waals surface area contributed by atoms with Gasteiger partial charge in [0.1, 0.15) is 11.8 Å². The molecular formula is C16H8FN5S. The molecule has 0 aliphatic heterocycles. The number of hydrogen-bond donors (Lipinski definition) is 1. The SMILES string of the molecule is N#Cc1n[nH]nc1-c1nc(-c2cc3ccccc3s2)ccc1F.